The molecule has 2 N–H and O–H groups in total. The number of oxazole rings is 1. The van der Waals surface area contributed by atoms with Gasteiger partial charge in [0.15, 0.2) is 23.7 Å². The molecule has 0 aliphatic carbocycles. The number of benzene rings is 2. The Morgan fingerprint density at radius 1 is 1.13 bits per heavy atom. The fourth-order valence-corrected chi connectivity index (χ4v) is 5.14. The fourth-order valence-electron chi connectivity index (χ4n) is 5.14. The highest BCUT2D eigenvalue weighted by molar-refractivity contribution is 6.07. The first-order valence-electron chi connectivity index (χ1n) is 13.3. The second-order valence-corrected chi connectivity index (χ2v) is 11.8. The molecule has 2 heterocycles. The second-order valence-electron chi connectivity index (χ2n) is 11.8. The monoisotopic (exact) mass is 530 g/mol. The van der Waals surface area contributed by atoms with Crippen molar-refractivity contribution in [2.45, 2.75) is 66.0 Å². The quantitative estimate of drug-likeness (QED) is 0.352. The molecule has 1 aromatic heterocycles. The number of aliphatic imine (C=N–C) groups is 1. The zero-order valence-corrected chi connectivity index (χ0v) is 23.6. The van der Waals surface area contributed by atoms with Gasteiger partial charge >= 0.3 is 5.97 Å². The number of hydrogen-bond acceptors (Lipinski definition) is 7. The maximum Gasteiger partial charge on any atom is 0.306 e. The molecule has 1 aliphatic heterocycles. The van der Waals surface area contributed by atoms with Crippen LogP contribution in [0.15, 0.2) is 70.4 Å². The van der Waals surface area contributed by atoms with Crippen LogP contribution in [0.1, 0.15) is 70.3 Å². The van der Waals surface area contributed by atoms with E-state index in [9.17, 15) is 9.59 Å². The molecule has 0 fully saturated rings. The first-order chi connectivity index (χ1) is 18.4. The topological polar surface area (TPSA) is 111 Å². The summed E-state index contributed by atoms with van der Waals surface area (Å²) < 4.78 is 11.3. The number of carbonyl (C=O) groups is 2. The summed E-state index contributed by atoms with van der Waals surface area (Å²) in [5.41, 5.74) is 8.21. The third-order valence-electron chi connectivity index (χ3n) is 6.73. The number of rotatable bonds is 9. The minimum Gasteiger partial charge on any atom is -0.463 e. The van der Waals surface area contributed by atoms with Gasteiger partial charge in [-0.15, -0.1) is 0 Å². The van der Waals surface area contributed by atoms with Crippen LogP contribution in [-0.4, -0.2) is 34.3 Å². The van der Waals surface area contributed by atoms with Crippen molar-refractivity contribution in [3.63, 3.8) is 0 Å². The van der Waals surface area contributed by atoms with Crippen LogP contribution in [0.4, 0.5) is 0 Å². The minimum atomic E-state index is -1.19. The number of aryl methyl sites for hydroxylation is 1. The van der Waals surface area contributed by atoms with Crippen molar-refractivity contribution in [2.24, 2.45) is 22.1 Å². The van der Waals surface area contributed by atoms with E-state index in [1.165, 1.54) is 11.3 Å². The van der Waals surface area contributed by atoms with Crippen LogP contribution >= 0.6 is 0 Å². The number of aromatic nitrogens is 1. The van der Waals surface area contributed by atoms with Crippen molar-refractivity contribution < 1.29 is 18.7 Å². The summed E-state index contributed by atoms with van der Waals surface area (Å²) in [7, 11) is 0. The lowest BCUT2D eigenvalue weighted by molar-refractivity contribution is -0.148. The SMILES string of the molecule is Cc1ncoc1-c1cccc([C@@H](COC(=O)CC(C)C)N2C(=O)[C@@](CC(C)(C)C)(c3ccccc3)N=C2N)c1. The van der Waals surface area contributed by atoms with Crippen molar-refractivity contribution >= 4 is 17.8 Å². The Bertz CT molecular complexity index is 1360. The number of carbonyl (C=O) groups excluding carboxylic acids is 2. The molecular weight excluding hydrogens is 492 g/mol. The first-order valence-corrected chi connectivity index (χ1v) is 13.3. The second kappa shape index (κ2) is 11.0. The summed E-state index contributed by atoms with van der Waals surface area (Å²) in [6.45, 7) is 11.9. The molecule has 1 aliphatic rings. The Balaban J connectivity index is 1.79. The summed E-state index contributed by atoms with van der Waals surface area (Å²) in [5.74, 6) is 0.300. The predicted molar refractivity (Wildman–Crippen MR) is 150 cm³/mol. The third kappa shape index (κ3) is 6.05. The van der Waals surface area contributed by atoms with E-state index in [1.54, 1.807) is 0 Å². The molecule has 2 atom stereocenters. The lowest BCUT2D eigenvalue weighted by Gasteiger charge is -2.34. The molecule has 39 heavy (non-hydrogen) atoms. The Kier molecular flexibility index (Phi) is 7.95. The molecule has 0 bridgehead atoms. The predicted octanol–water partition coefficient (Wildman–Crippen LogP) is 5.77. The molecule has 0 unspecified atom stereocenters. The number of amides is 1. The maximum absolute atomic E-state index is 14.5. The van der Waals surface area contributed by atoms with Gasteiger partial charge in [0.25, 0.3) is 5.91 Å². The van der Waals surface area contributed by atoms with E-state index in [0.29, 0.717) is 12.2 Å². The molecule has 0 saturated carbocycles. The lowest BCUT2D eigenvalue weighted by Crippen LogP contribution is -2.47. The fraction of sp³-hybridized carbons (Fsp3) is 0.419. The Morgan fingerprint density at radius 3 is 2.46 bits per heavy atom. The highest BCUT2D eigenvalue weighted by atomic mass is 16.5. The largest absolute Gasteiger partial charge is 0.463 e. The molecule has 0 spiro atoms. The number of esters is 1. The van der Waals surface area contributed by atoms with Crippen molar-refractivity contribution in [1.29, 1.82) is 0 Å². The van der Waals surface area contributed by atoms with Gasteiger partial charge in [-0.1, -0.05) is 83.1 Å². The molecule has 206 valence electrons. The molecule has 3 aromatic rings. The lowest BCUT2D eigenvalue weighted by atomic mass is 9.75. The zero-order valence-electron chi connectivity index (χ0n) is 23.6. The molecular formula is C31H38N4O4. The number of nitrogens with two attached hydrogens (primary N) is 1. The van der Waals surface area contributed by atoms with E-state index >= 15 is 0 Å². The molecule has 8 heteroatoms. The van der Waals surface area contributed by atoms with Crippen LogP contribution < -0.4 is 5.73 Å². The van der Waals surface area contributed by atoms with Gasteiger partial charge in [0.2, 0.25) is 0 Å². The van der Waals surface area contributed by atoms with E-state index < -0.39 is 11.6 Å². The normalized spacial score (nSPS) is 18.4. The van der Waals surface area contributed by atoms with Gasteiger partial charge in [-0.05, 0) is 41.9 Å². The number of ether oxygens (including phenoxy) is 1. The summed E-state index contributed by atoms with van der Waals surface area (Å²) in [6.07, 6.45) is 2.13. The zero-order chi connectivity index (χ0) is 28.4. The molecule has 8 nitrogen and oxygen atoms in total. The van der Waals surface area contributed by atoms with Gasteiger partial charge in [0, 0.05) is 12.0 Å². The van der Waals surface area contributed by atoms with Crippen molar-refractivity contribution in [1.82, 2.24) is 9.88 Å². The summed E-state index contributed by atoms with van der Waals surface area (Å²) in [4.78, 5) is 37.6. The van der Waals surface area contributed by atoms with Crippen molar-refractivity contribution in [3.8, 4) is 11.3 Å². The van der Waals surface area contributed by atoms with E-state index in [1.807, 2.05) is 75.4 Å². The van der Waals surface area contributed by atoms with E-state index in [2.05, 4.69) is 25.8 Å². The van der Waals surface area contributed by atoms with E-state index in [4.69, 9.17) is 19.9 Å². The third-order valence-corrected chi connectivity index (χ3v) is 6.73. The van der Waals surface area contributed by atoms with Crippen LogP contribution in [0.2, 0.25) is 0 Å². The van der Waals surface area contributed by atoms with Crippen molar-refractivity contribution in [3.05, 3.63) is 77.8 Å². The average molecular weight is 531 g/mol. The summed E-state index contributed by atoms with van der Waals surface area (Å²) in [5, 5.41) is 0. The smallest absolute Gasteiger partial charge is 0.306 e. The Labute approximate surface area is 230 Å². The standard InChI is InChI=1S/C31H38N4O4/c1-20(2)15-26(36)38-17-25(22-11-10-12-23(16-22)27-21(3)33-19-39-27)35-28(37)31(34-29(35)32,18-30(4,5)6)24-13-8-7-9-14-24/h7-14,16,19-20,25H,15,17-18H2,1-6H3,(H2,32,34)/t25-,31-/m1/s1. The molecule has 0 saturated heterocycles. The van der Waals surface area contributed by atoms with Crippen LogP contribution in [0.3, 0.4) is 0 Å². The minimum absolute atomic E-state index is 0.0628. The van der Waals surface area contributed by atoms with Crippen LogP contribution in [0.25, 0.3) is 11.3 Å². The molecule has 0 radical (unpaired) electrons. The van der Waals surface area contributed by atoms with Gasteiger partial charge in [-0.3, -0.25) is 14.5 Å². The molecule has 4 rings (SSSR count). The van der Waals surface area contributed by atoms with Gasteiger partial charge in [0.05, 0.1) is 11.7 Å². The summed E-state index contributed by atoms with van der Waals surface area (Å²) in [6, 6.07) is 16.4. The molecule has 1 amide bonds. The van der Waals surface area contributed by atoms with Crippen LogP contribution in [0, 0.1) is 18.3 Å². The van der Waals surface area contributed by atoms with Gasteiger partial charge in [0.1, 0.15) is 6.61 Å². The van der Waals surface area contributed by atoms with E-state index in [-0.39, 0.29) is 42.2 Å². The van der Waals surface area contributed by atoms with Gasteiger partial charge in [-0.25, -0.2) is 9.98 Å². The number of hydrogen-bond donors (Lipinski definition) is 1. The van der Waals surface area contributed by atoms with E-state index in [0.717, 1.165) is 22.4 Å². The Hall–Kier alpha value is -3.94. The maximum atomic E-state index is 14.5. The highest BCUT2D eigenvalue weighted by Gasteiger charge is 2.53. The Morgan fingerprint density at radius 2 is 1.85 bits per heavy atom. The number of guanidine groups is 1. The number of nitrogens with zero attached hydrogens (tertiary/aromatic N) is 3. The first kappa shape index (κ1) is 28.1. The highest BCUT2D eigenvalue weighted by Crippen LogP contribution is 2.44. The summed E-state index contributed by atoms with van der Waals surface area (Å²) >= 11 is 0. The average Bonchev–Trinajstić information content (AvgIpc) is 3.40. The van der Waals surface area contributed by atoms with Crippen LogP contribution in [-0.2, 0) is 19.9 Å². The van der Waals surface area contributed by atoms with Gasteiger partial charge < -0.3 is 14.9 Å². The van der Waals surface area contributed by atoms with Gasteiger partial charge in [-0.2, -0.15) is 0 Å². The van der Waals surface area contributed by atoms with Crippen LogP contribution in [0.5, 0.6) is 0 Å². The molecule has 2 aromatic carbocycles. The van der Waals surface area contributed by atoms with Crippen molar-refractivity contribution in [2.75, 3.05) is 6.61 Å².